The second kappa shape index (κ2) is 8.20. The van der Waals surface area contributed by atoms with E-state index in [9.17, 15) is 28.1 Å². The smallest absolute Gasteiger partial charge is 0.383 e. The number of carbonyl (C=O) groups is 1. The van der Waals surface area contributed by atoms with E-state index in [-0.39, 0.29) is 15.2 Å². The summed E-state index contributed by atoms with van der Waals surface area (Å²) in [5, 5.41) is 11.4. The Kier molecular flexibility index (Phi) is 6.05. The van der Waals surface area contributed by atoms with Gasteiger partial charge in [0.15, 0.2) is 5.01 Å². The molecule has 158 valence electrons. The highest BCUT2D eigenvalue weighted by Gasteiger charge is 2.38. The molecule has 0 spiro atoms. The molecule has 0 aliphatic carbocycles. The van der Waals surface area contributed by atoms with E-state index < -0.39 is 33.8 Å². The van der Waals surface area contributed by atoms with E-state index in [2.05, 4.69) is 9.88 Å². The molecule has 0 bridgehead atoms. The third kappa shape index (κ3) is 4.33. The number of fused-ring (bicyclic) bond motifs is 1. The van der Waals surface area contributed by atoms with Gasteiger partial charge >= 0.3 is 6.18 Å². The van der Waals surface area contributed by atoms with Gasteiger partial charge in [-0.2, -0.15) is 13.2 Å². The normalized spacial score (nSPS) is 15.8. The molecule has 12 heteroatoms. The number of ether oxygens (including phenoxy) is 1. The Bertz CT molecular complexity index is 939. The average molecular weight is 432 g/mol. The summed E-state index contributed by atoms with van der Waals surface area (Å²) in [5.41, 5.74) is -2.45. The number of aromatic nitrogens is 1. The molecule has 1 aliphatic heterocycles. The average Bonchev–Trinajstić information content (AvgIpc) is 3.08. The van der Waals surface area contributed by atoms with Gasteiger partial charge in [0.2, 0.25) is 0 Å². The minimum Gasteiger partial charge on any atom is -0.383 e. The minimum absolute atomic E-state index is 0.0254. The fourth-order valence-electron chi connectivity index (χ4n) is 3.28. The Labute approximate surface area is 168 Å². The number of nitro benzene ring substituents is 1. The van der Waals surface area contributed by atoms with E-state index in [1.165, 1.54) is 0 Å². The number of amides is 1. The molecule has 0 unspecified atom stereocenters. The van der Waals surface area contributed by atoms with Gasteiger partial charge in [-0.1, -0.05) is 0 Å². The monoisotopic (exact) mass is 432 g/mol. The predicted octanol–water partition coefficient (Wildman–Crippen LogP) is 2.94. The van der Waals surface area contributed by atoms with Gasteiger partial charge in [0.05, 0.1) is 22.6 Å². The molecule has 3 rings (SSSR count). The first-order chi connectivity index (χ1) is 13.6. The molecule has 0 atom stereocenters. The Morgan fingerprint density at radius 1 is 1.34 bits per heavy atom. The zero-order valence-electron chi connectivity index (χ0n) is 15.8. The fraction of sp³-hybridized carbons (Fsp3) is 0.529. The summed E-state index contributed by atoms with van der Waals surface area (Å²) in [4.78, 5) is 31.0. The number of hydrogen-bond acceptors (Lipinski definition) is 7. The lowest BCUT2D eigenvalue weighted by Gasteiger charge is -2.34. The van der Waals surface area contributed by atoms with Gasteiger partial charge < -0.3 is 9.64 Å². The summed E-state index contributed by atoms with van der Waals surface area (Å²) in [7, 11) is 1.61. The van der Waals surface area contributed by atoms with Gasteiger partial charge in [0.1, 0.15) is 4.70 Å². The van der Waals surface area contributed by atoms with E-state index in [4.69, 9.17) is 4.74 Å². The standard InChI is InChI=1S/C17H19F3N4O4S/c1-10-11(17(18,19)20)9-12-14(13(10)24(26)27)29-15(21-12)16(25)23-5-3-22(4-6-23)7-8-28-2/h9H,3-8H2,1-2H3. The van der Waals surface area contributed by atoms with E-state index in [1.54, 1.807) is 12.0 Å². The molecule has 2 aromatic rings. The topological polar surface area (TPSA) is 88.8 Å². The number of piperazine rings is 1. The van der Waals surface area contributed by atoms with Gasteiger partial charge in [-0.25, -0.2) is 4.98 Å². The fourth-order valence-corrected chi connectivity index (χ4v) is 4.37. The maximum absolute atomic E-state index is 13.3. The van der Waals surface area contributed by atoms with E-state index in [0.717, 1.165) is 30.9 Å². The number of nitrogens with zero attached hydrogens (tertiary/aromatic N) is 4. The Morgan fingerprint density at radius 2 is 2.00 bits per heavy atom. The summed E-state index contributed by atoms with van der Waals surface area (Å²) in [6.07, 6.45) is -4.75. The van der Waals surface area contributed by atoms with Crippen molar-refractivity contribution in [3.05, 3.63) is 32.3 Å². The highest BCUT2D eigenvalue weighted by atomic mass is 32.1. The van der Waals surface area contributed by atoms with E-state index in [0.29, 0.717) is 32.8 Å². The molecule has 29 heavy (non-hydrogen) atoms. The third-order valence-corrected chi connectivity index (χ3v) is 5.92. The molecule has 0 radical (unpaired) electrons. The van der Waals surface area contributed by atoms with Crippen molar-refractivity contribution in [2.45, 2.75) is 13.1 Å². The second-order valence-electron chi connectivity index (χ2n) is 6.65. The molecule has 1 fully saturated rings. The first kappa shape index (κ1) is 21.4. The number of alkyl halides is 3. The first-order valence-electron chi connectivity index (χ1n) is 8.79. The lowest BCUT2D eigenvalue weighted by Crippen LogP contribution is -2.49. The van der Waals surface area contributed by atoms with Gasteiger partial charge in [-0.05, 0) is 13.0 Å². The molecule has 1 amide bonds. The van der Waals surface area contributed by atoms with Crippen molar-refractivity contribution in [3.8, 4) is 0 Å². The van der Waals surface area contributed by atoms with Crippen molar-refractivity contribution in [1.29, 1.82) is 0 Å². The van der Waals surface area contributed by atoms with Gasteiger partial charge in [-0.15, -0.1) is 11.3 Å². The molecule has 1 aliphatic rings. The Morgan fingerprint density at radius 3 is 2.55 bits per heavy atom. The van der Waals surface area contributed by atoms with Crippen LogP contribution in [0.4, 0.5) is 18.9 Å². The third-order valence-electron chi connectivity index (χ3n) is 4.85. The summed E-state index contributed by atoms with van der Waals surface area (Å²) in [6, 6.07) is 0.771. The van der Waals surface area contributed by atoms with Crippen molar-refractivity contribution in [3.63, 3.8) is 0 Å². The highest BCUT2D eigenvalue weighted by Crippen LogP contribution is 2.42. The molecule has 2 heterocycles. The van der Waals surface area contributed by atoms with Crippen LogP contribution in [0.3, 0.4) is 0 Å². The van der Waals surface area contributed by atoms with Crippen LogP contribution in [0.25, 0.3) is 10.2 Å². The van der Waals surface area contributed by atoms with Crippen LogP contribution in [-0.4, -0.2) is 72.1 Å². The van der Waals surface area contributed by atoms with E-state index >= 15 is 0 Å². The van der Waals surface area contributed by atoms with Crippen LogP contribution in [0.2, 0.25) is 0 Å². The summed E-state index contributed by atoms with van der Waals surface area (Å²) in [5.74, 6) is -0.432. The maximum atomic E-state index is 13.3. The van der Waals surface area contributed by atoms with Crippen molar-refractivity contribution in [2.75, 3.05) is 46.4 Å². The summed E-state index contributed by atoms with van der Waals surface area (Å²) >= 11 is 0.757. The molecule has 8 nitrogen and oxygen atoms in total. The predicted molar refractivity (Wildman–Crippen MR) is 100 cm³/mol. The zero-order valence-corrected chi connectivity index (χ0v) is 16.6. The molecular weight excluding hydrogens is 413 g/mol. The molecular formula is C17H19F3N4O4S. The lowest BCUT2D eigenvalue weighted by atomic mass is 10.1. The van der Waals surface area contributed by atoms with Gasteiger partial charge in [0, 0.05) is 45.4 Å². The number of rotatable bonds is 5. The number of benzene rings is 1. The van der Waals surface area contributed by atoms with Crippen LogP contribution >= 0.6 is 11.3 Å². The number of nitro groups is 1. The molecule has 1 saturated heterocycles. The van der Waals surface area contributed by atoms with Crippen molar-refractivity contribution < 1.29 is 27.6 Å². The van der Waals surface area contributed by atoms with Crippen LogP contribution in [0.5, 0.6) is 0 Å². The van der Waals surface area contributed by atoms with Crippen LogP contribution in [0.15, 0.2) is 6.07 Å². The van der Waals surface area contributed by atoms with Crippen LogP contribution in [-0.2, 0) is 10.9 Å². The quantitative estimate of drug-likeness (QED) is 0.533. The zero-order chi connectivity index (χ0) is 21.3. The second-order valence-corrected chi connectivity index (χ2v) is 7.65. The Balaban J connectivity index is 1.91. The van der Waals surface area contributed by atoms with Crippen molar-refractivity contribution >= 4 is 33.1 Å². The number of methoxy groups -OCH3 is 1. The lowest BCUT2D eigenvalue weighted by molar-refractivity contribution is -0.383. The van der Waals surface area contributed by atoms with Gasteiger partial charge in [-0.3, -0.25) is 19.8 Å². The van der Waals surface area contributed by atoms with E-state index in [1.807, 2.05) is 0 Å². The largest absolute Gasteiger partial charge is 0.416 e. The maximum Gasteiger partial charge on any atom is 0.416 e. The molecule has 1 aromatic heterocycles. The van der Waals surface area contributed by atoms with Crippen molar-refractivity contribution in [1.82, 2.24) is 14.8 Å². The summed E-state index contributed by atoms with van der Waals surface area (Å²) in [6.45, 7) is 4.53. The molecule has 0 N–H and O–H groups in total. The number of carbonyl (C=O) groups excluding carboxylic acids is 1. The number of halogens is 3. The minimum atomic E-state index is -4.75. The van der Waals surface area contributed by atoms with Crippen molar-refractivity contribution in [2.24, 2.45) is 0 Å². The Hall–Kier alpha value is -2.31. The van der Waals surface area contributed by atoms with Crippen LogP contribution < -0.4 is 0 Å². The van der Waals surface area contributed by atoms with Gasteiger partial charge in [0.25, 0.3) is 11.6 Å². The SMILES string of the molecule is COCCN1CCN(C(=O)c2nc3cc(C(F)(F)F)c(C)c([N+](=O)[O-])c3s2)CC1. The highest BCUT2D eigenvalue weighted by molar-refractivity contribution is 7.20. The molecule has 0 saturated carbocycles. The molecule has 1 aromatic carbocycles. The van der Waals surface area contributed by atoms with Crippen LogP contribution in [0, 0.1) is 17.0 Å². The number of thiazole rings is 1. The first-order valence-corrected chi connectivity index (χ1v) is 9.61. The van der Waals surface area contributed by atoms with Crippen LogP contribution in [0.1, 0.15) is 20.9 Å². The number of hydrogen-bond donors (Lipinski definition) is 0. The summed E-state index contributed by atoms with van der Waals surface area (Å²) < 4.78 is 44.8.